The number of rotatable bonds is 6. The zero-order valence-corrected chi connectivity index (χ0v) is 15.5. The van der Waals surface area contributed by atoms with Crippen LogP contribution in [0.1, 0.15) is 25.5 Å². The van der Waals surface area contributed by atoms with E-state index in [4.69, 9.17) is 0 Å². The number of sulfonamides is 1. The van der Waals surface area contributed by atoms with Crippen LogP contribution in [-0.2, 0) is 16.2 Å². The second-order valence-corrected chi connectivity index (χ2v) is 9.05. The fourth-order valence-corrected chi connectivity index (χ4v) is 5.32. The smallest absolute Gasteiger partial charge is 0.351 e. The third kappa shape index (κ3) is 4.11. The third-order valence-corrected chi connectivity index (χ3v) is 7.33. The minimum absolute atomic E-state index is 0.0325. The van der Waals surface area contributed by atoms with E-state index in [1.807, 2.05) is 6.92 Å². The molecular formula is C15H18F3N3O3S2. The predicted octanol–water partition coefficient (Wildman–Crippen LogP) is 3.18. The van der Waals surface area contributed by atoms with Crippen LogP contribution >= 0.6 is 11.3 Å². The minimum atomic E-state index is -4.63. The molecule has 0 aliphatic carbocycles. The van der Waals surface area contributed by atoms with Gasteiger partial charge in [0.1, 0.15) is 9.90 Å². The summed E-state index contributed by atoms with van der Waals surface area (Å²) in [5, 5.41) is 3.37. The zero-order valence-electron chi connectivity index (χ0n) is 13.9. The van der Waals surface area contributed by atoms with Crippen LogP contribution in [0.15, 0.2) is 26.9 Å². The van der Waals surface area contributed by atoms with Crippen molar-refractivity contribution in [1.82, 2.24) is 14.8 Å². The lowest BCUT2D eigenvalue weighted by atomic mass is 10.2. The molecule has 0 spiro atoms. The van der Waals surface area contributed by atoms with Gasteiger partial charge in [-0.1, -0.05) is 12.1 Å². The Kier molecular flexibility index (Phi) is 5.42. The molecule has 3 rings (SSSR count). The van der Waals surface area contributed by atoms with Gasteiger partial charge < -0.3 is 4.52 Å². The monoisotopic (exact) mass is 409 g/mol. The number of nitrogens with one attached hydrogen (secondary N) is 1. The summed E-state index contributed by atoms with van der Waals surface area (Å²) in [6, 6.07) is 3.70. The number of thiophene rings is 1. The number of nitrogens with zero attached hydrogens (tertiary/aromatic N) is 2. The molecule has 2 aromatic rings. The van der Waals surface area contributed by atoms with Gasteiger partial charge in [-0.25, -0.2) is 13.1 Å². The van der Waals surface area contributed by atoms with E-state index in [0.29, 0.717) is 11.4 Å². The SMILES string of the molecule is CCN1CCCC1CNS(=O)(=O)c1ccc(-c2cc(C(F)(F)F)on2)s1. The van der Waals surface area contributed by atoms with Gasteiger partial charge in [0, 0.05) is 18.7 Å². The van der Waals surface area contributed by atoms with Gasteiger partial charge in [0.2, 0.25) is 15.8 Å². The van der Waals surface area contributed by atoms with Crippen LogP contribution in [0.25, 0.3) is 10.6 Å². The molecule has 0 saturated carbocycles. The largest absolute Gasteiger partial charge is 0.452 e. The molecule has 0 amide bonds. The highest BCUT2D eigenvalue weighted by Crippen LogP contribution is 2.35. The van der Waals surface area contributed by atoms with Crippen LogP contribution in [0.4, 0.5) is 13.2 Å². The molecule has 3 heterocycles. The molecule has 11 heteroatoms. The summed E-state index contributed by atoms with van der Waals surface area (Å²) in [6.45, 7) is 4.17. The van der Waals surface area contributed by atoms with Crippen LogP contribution in [-0.4, -0.2) is 44.2 Å². The van der Waals surface area contributed by atoms with Gasteiger partial charge in [-0.3, -0.25) is 4.90 Å². The van der Waals surface area contributed by atoms with Crippen molar-refractivity contribution >= 4 is 21.4 Å². The Morgan fingerprint density at radius 2 is 2.19 bits per heavy atom. The van der Waals surface area contributed by atoms with Crippen molar-refractivity contribution in [2.24, 2.45) is 0 Å². The summed E-state index contributed by atoms with van der Waals surface area (Å²) in [5.41, 5.74) is -0.0447. The molecule has 6 nitrogen and oxygen atoms in total. The van der Waals surface area contributed by atoms with Crippen molar-refractivity contribution in [1.29, 1.82) is 0 Å². The summed E-state index contributed by atoms with van der Waals surface area (Å²) in [7, 11) is -3.73. The quantitative estimate of drug-likeness (QED) is 0.793. The van der Waals surface area contributed by atoms with Gasteiger partial charge in [-0.15, -0.1) is 11.3 Å². The van der Waals surface area contributed by atoms with Gasteiger partial charge in [-0.2, -0.15) is 13.2 Å². The van der Waals surface area contributed by atoms with Crippen LogP contribution in [0.2, 0.25) is 0 Å². The number of hydrogen-bond acceptors (Lipinski definition) is 6. The average molecular weight is 409 g/mol. The molecule has 26 heavy (non-hydrogen) atoms. The summed E-state index contributed by atoms with van der Waals surface area (Å²) in [4.78, 5) is 2.51. The molecule has 1 unspecified atom stereocenters. The molecule has 1 fully saturated rings. The Balaban J connectivity index is 1.71. The summed E-state index contributed by atoms with van der Waals surface area (Å²) < 4.78 is 69.5. The number of halogens is 3. The fourth-order valence-electron chi connectivity index (χ4n) is 2.95. The summed E-state index contributed by atoms with van der Waals surface area (Å²) >= 11 is 0.852. The van der Waals surface area contributed by atoms with E-state index in [2.05, 4.69) is 19.3 Å². The zero-order chi connectivity index (χ0) is 18.9. The number of alkyl halides is 3. The molecule has 1 aliphatic heterocycles. The molecule has 1 aliphatic rings. The minimum Gasteiger partial charge on any atom is -0.351 e. The van der Waals surface area contributed by atoms with E-state index >= 15 is 0 Å². The van der Waals surface area contributed by atoms with Gasteiger partial charge in [0.05, 0.1) is 4.88 Å². The second-order valence-electron chi connectivity index (χ2n) is 5.97. The average Bonchev–Trinajstić information content (AvgIpc) is 3.30. The maximum absolute atomic E-state index is 12.6. The standard InChI is InChI=1S/C15H18F3N3O3S2/c1-2-21-7-3-4-10(21)9-19-26(22,23)14-6-5-12(25-14)11-8-13(24-20-11)15(16,17)18/h5-6,8,10,19H,2-4,7,9H2,1H3. The van der Waals surface area contributed by atoms with Gasteiger partial charge in [0.15, 0.2) is 0 Å². The molecular weight excluding hydrogens is 391 g/mol. The van der Waals surface area contributed by atoms with Crippen LogP contribution in [0.3, 0.4) is 0 Å². The molecule has 1 N–H and O–H groups in total. The maximum atomic E-state index is 12.6. The highest BCUT2D eigenvalue weighted by molar-refractivity contribution is 7.91. The van der Waals surface area contributed by atoms with Crippen LogP contribution in [0, 0.1) is 0 Å². The molecule has 0 aromatic carbocycles. The van der Waals surface area contributed by atoms with Crippen molar-refractivity contribution < 1.29 is 26.1 Å². The van der Waals surface area contributed by atoms with Crippen LogP contribution < -0.4 is 4.72 Å². The first-order chi connectivity index (χ1) is 12.2. The third-order valence-electron chi connectivity index (χ3n) is 4.30. The first kappa shape index (κ1) is 19.3. The summed E-state index contributed by atoms with van der Waals surface area (Å²) in [6.07, 6.45) is -2.66. The Morgan fingerprint density at radius 3 is 2.85 bits per heavy atom. The maximum Gasteiger partial charge on any atom is 0.452 e. The van der Waals surface area contributed by atoms with Gasteiger partial charge in [0.25, 0.3) is 0 Å². The Bertz CT molecular complexity index is 861. The normalized spacial score (nSPS) is 19.3. The first-order valence-corrected chi connectivity index (χ1v) is 10.4. The Hall–Kier alpha value is -1.43. The lowest BCUT2D eigenvalue weighted by Crippen LogP contribution is -2.39. The number of likely N-dealkylation sites (N-methyl/N-ethyl adjacent to an activating group) is 1. The first-order valence-electron chi connectivity index (χ1n) is 8.08. The van der Waals surface area contributed by atoms with E-state index in [0.717, 1.165) is 43.3 Å². The molecule has 1 atom stereocenters. The van der Waals surface area contributed by atoms with Gasteiger partial charge in [-0.05, 0) is 38.1 Å². The van der Waals surface area contributed by atoms with E-state index in [9.17, 15) is 21.6 Å². The highest BCUT2D eigenvalue weighted by atomic mass is 32.2. The lowest BCUT2D eigenvalue weighted by Gasteiger charge is -2.22. The van der Waals surface area contributed by atoms with Crippen molar-refractivity contribution in [2.75, 3.05) is 19.6 Å². The van der Waals surface area contributed by atoms with Crippen LogP contribution in [0.5, 0.6) is 0 Å². The highest BCUT2D eigenvalue weighted by Gasteiger charge is 2.36. The number of aromatic nitrogens is 1. The van der Waals surface area contributed by atoms with E-state index in [-0.39, 0.29) is 15.9 Å². The van der Waals surface area contributed by atoms with Crippen molar-refractivity contribution in [3.05, 3.63) is 24.0 Å². The summed E-state index contributed by atoms with van der Waals surface area (Å²) in [5.74, 6) is -1.22. The second kappa shape index (κ2) is 7.29. The molecule has 2 aromatic heterocycles. The van der Waals surface area contributed by atoms with Gasteiger partial charge >= 0.3 is 6.18 Å². The molecule has 0 bridgehead atoms. The number of likely N-dealkylation sites (tertiary alicyclic amines) is 1. The van der Waals surface area contributed by atoms with E-state index in [1.54, 1.807) is 0 Å². The Morgan fingerprint density at radius 1 is 1.42 bits per heavy atom. The van der Waals surface area contributed by atoms with Crippen molar-refractivity contribution in [2.45, 2.75) is 36.2 Å². The molecule has 144 valence electrons. The Labute approximate surface area is 153 Å². The topological polar surface area (TPSA) is 75.4 Å². The fraction of sp³-hybridized carbons (Fsp3) is 0.533. The number of hydrogen-bond donors (Lipinski definition) is 1. The van der Waals surface area contributed by atoms with E-state index < -0.39 is 22.0 Å². The van der Waals surface area contributed by atoms with E-state index in [1.165, 1.54) is 12.1 Å². The predicted molar refractivity (Wildman–Crippen MR) is 90.3 cm³/mol. The lowest BCUT2D eigenvalue weighted by molar-refractivity contribution is -0.155. The molecule has 0 radical (unpaired) electrons. The van der Waals surface area contributed by atoms with Crippen molar-refractivity contribution in [3.8, 4) is 10.6 Å². The van der Waals surface area contributed by atoms with Crippen molar-refractivity contribution in [3.63, 3.8) is 0 Å². The molecule has 1 saturated heterocycles.